The summed E-state index contributed by atoms with van der Waals surface area (Å²) in [7, 11) is 0. The molecule has 0 aromatic carbocycles. The van der Waals surface area contributed by atoms with Crippen LogP contribution >= 0.6 is 23.5 Å². The molecule has 1 saturated carbocycles. The molecule has 1 spiro atoms. The van der Waals surface area contributed by atoms with Crippen LogP contribution in [-0.2, 0) is 0 Å². The smallest absolute Gasteiger partial charge is 0.157 e. The molecular weight excluding hydrogens is 260 g/mol. The molecule has 18 heavy (non-hydrogen) atoms. The van der Waals surface area contributed by atoms with Crippen LogP contribution in [0.2, 0.25) is 0 Å². The Morgan fingerprint density at radius 2 is 2.00 bits per heavy atom. The van der Waals surface area contributed by atoms with Gasteiger partial charge in [0.05, 0.1) is 0 Å². The average molecular weight is 287 g/mol. The third-order valence-corrected chi connectivity index (χ3v) is 5.83. The summed E-state index contributed by atoms with van der Waals surface area (Å²) in [4.78, 5) is 4.72. The molecule has 2 fully saturated rings. The monoisotopic (exact) mass is 286 g/mol. The summed E-state index contributed by atoms with van der Waals surface area (Å²) in [5.74, 6) is 2.56. The zero-order valence-electron chi connectivity index (χ0n) is 11.5. The molecule has 1 aliphatic heterocycles. The van der Waals surface area contributed by atoms with Gasteiger partial charge in [0.1, 0.15) is 0 Å². The van der Waals surface area contributed by atoms with Crippen molar-refractivity contribution >= 4 is 28.7 Å². The van der Waals surface area contributed by atoms with Gasteiger partial charge in [-0.2, -0.15) is 11.8 Å². The molecule has 0 radical (unpaired) electrons. The number of hydrogen-bond donors (Lipinski definition) is 1. The first-order valence-corrected chi connectivity index (χ1v) is 9.67. The number of thioether (sulfide) groups is 2. The van der Waals surface area contributed by atoms with Crippen molar-refractivity contribution in [3.8, 4) is 0 Å². The number of amidine groups is 1. The Morgan fingerprint density at radius 3 is 2.78 bits per heavy atom. The van der Waals surface area contributed by atoms with E-state index in [-0.39, 0.29) is 0 Å². The van der Waals surface area contributed by atoms with E-state index in [2.05, 4.69) is 11.6 Å². The molecular formula is C14H26N2S2. The lowest BCUT2D eigenvalue weighted by atomic mass is 10.0. The van der Waals surface area contributed by atoms with Crippen LogP contribution in [0.15, 0.2) is 4.99 Å². The molecule has 1 saturated heterocycles. The highest BCUT2D eigenvalue weighted by molar-refractivity contribution is 8.14. The predicted molar refractivity (Wildman–Crippen MR) is 85.9 cm³/mol. The largest absolute Gasteiger partial charge is 0.359 e. The van der Waals surface area contributed by atoms with Gasteiger partial charge in [0.25, 0.3) is 0 Å². The molecule has 0 bridgehead atoms. The van der Waals surface area contributed by atoms with E-state index in [4.69, 9.17) is 4.99 Å². The van der Waals surface area contributed by atoms with Crippen LogP contribution in [0, 0.1) is 0 Å². The summed E-state index contributed by atoms with van der Waals surface area (Å²) >= 11 is 3.90. The summed E-state index contributed by atoms with van der Waals surface area (Å²) < 4.78 is 0. The predicted octanol–water partition coefficient (Wildman–Crippen LogP) is 3.92. The van der Waals surface area contributed by atoms with Gasteiger partial charge in [-0.3, -0.25) is 4.99 Å². The third-order valence-electron chi connectivity index (χ3n) is 3.93. The second kappa shape index (κ2) is 7.68. The number of nitrogens with zero attached hydrogens (tertiary/aromatic N) is 1. The average Bonchev–Trinajstić information content (AvgIpc) is 3.00. The Balaban J connectivity index is 1.57. The van der Waals surface area contributed by atoms with E-state index in [0.717, 1.165) is 6.54 Å². The van der Waals surface area contributed by atoms with Gasteiger partial charge in [-0.05, 0) is 37.7 Å². The summed E-state index contributed by atoms with van der Waals surface area (Å²) in [6, 6.07) is 0. The van der Waals surface area contributed by atoms with Gasteiger partial charge >= 0.3 is 0 Å². The molecule has 0 amide bonds. The van der Waals surface area contributed by atoms with Gasteiger partial charge in [0.2, 0.25) is 0 Å². The van der Waals surface area contributed by atoms with Gasteiger partial charge in [0.15, 0.2) is 5.17 Å². The lowest BCUT2D eigenvalue weighted by Crippen LogP contribution is -2.40. The minimum absolute atomic E-state index is 0.432. The van der Waals surface area contributed by atoms with Crippen molar-refractivity contribution in [3.05, 3.63) is 0 Å². The van der Waals surface area contributed by atoms with E-state index in [1.807, 2.05) is 23.5 Å². The maximum atomic E-state index is 4.72. The van der Waals surface area contributed by atoms with Crippen molar-refractivity contribution in [2.75, 3.05) is 24.3 Å². The number of nitrogens with one attached hydrogen (secondary N) is 1. The van der Waals surface area contributed by atoms with Crippen molar-refractivity contribution in [1.82, 2.24) is 5.32 Å². The van der Waals surface area contributed by atoms with E-state index in [1.165, 1.54) is 68.0 Å². The highest BCUT2D eigenvalue weighted by Gasteiger charge is 2.39. The molecule has 0 aromatic heterocycles. The summed E-state index contributed by atoms with van der Waals surface area (Å²) in [5.41, 5.74) is 0.432. The molecule has 0 atom stereocenters. The summed E-state index contributed by atoms with van der Waals surface area (Å²) in [6.07, 6.45) is 13.0. The minimum Gasteiger partial charge on any atom is -0.359 e. The highest BCUT2D eigenvalue weighted by atomic mass is 32.2. The van der Waals surface area contributed by atoms with Crippen molar-refractivity contribution in [2.24, 2.45) is 4.99 Å². The lowest BCUT2D eigenvalue weighted by Gasteiger charge is -2.21. The van der Waals surface area contributed by atoms with Crippen molar-refractivity contribution in [1.29, 1.82) is 0 Å². The molecule has 2 rings (SSSR count). The van der Waals surface area contributed by atoms with Crippen molar-refractivity contribution in [2.45, 2.75) is 56.9 Å². The van der Waals surface area contributed by atoms with E-state index in [0.29, 0.717) is 5.54 Å². The van der Waals surface area contributed by atoms with Crippen LogP contribution in [0.25, 0.3) is 0 Å². The third kappa shape index (κ3) is 4.37. The zero-order chi connectivity index (χ0) is 12.7. The van der Waals surface area contributed by atoms with E-state index < -0.39 is 0 Å². The fraction of sp³-hybridized carbons (Fsp3) is 0.929. The number of rotatable bonds is 7. The van der Waals surface area contributed by atoms with E-state index in [1.54, 1.807) is 0 Å². The second-order valence-corrected chi connectivity index (χ2v) is 7.44. The Bertz CT molecular complexity index is 273. The molecule has 0 unspecified atom stereocenters. The fourth-order valence-electron chi connectivity index (χ4n) is 2.80. The maximum Gasteiger partial charge on any atom is 0.157 e. The molecule has 2 nitrogen and oxygen atoms in total. The first-order valence-electron chi connectivity index (χ1n) is 7.29. The van der Waals surface area contributed by atoms with Crippen LogP contribution in [0.5, 0.6) is 0 Å². The summed E-state index contributed by atoms with van der Waals surface area (Å²) in [5, 5.41) is 4.91. The molecule has 1 N–H and O–H groups in total. The number of aliphatic imine (C=N–C) groups is 1. The minimum atomic E-state index is 0.432. The van der Waals surface area contributed by atoms with Crippen LogP contribution < -0.4 is 5.32 Å². The molecule has 2 aliphatic rings. The Hall–Kier alpha value is 0.170. The quantitative estimate of drug-likeness (QED) is 0.718. The van der Waals surface area contributed by atoms with Crippen molar-refractivity contribution in [3.63, 3.8) is 0 Å². The van der Waals surface area contributed by atoms with Gasteiger partial charge in [0, 0.05) is 17.8 Å². The molecule has 4 heteroatoms. The van der Waals surface area contributed by atoms with Crippen LogP contribution in [-0.4, -0.2) is 35.0 Å². The number of unbranched alkanes of at least 4 members (excludes halogenated alkanes) is 3. The van der Waals surface area contributed by atoms with Gasteiger partial charge in [-0.1, -0.05) is 37.4 Å². The SMILES string of the molecule is CSCCCCCCN=C1NC2(CCCC2)CS1. The Morgan fingerprint density at radius 1 is 1.22 bits per heavy atom. The van der Waals surface area contributed by atoms with Crippen LogP contribution in [0.4, 0.5) is 0 Å². The first-order chi connectivity index (χ1) is 8.85. The normalized spacial score (nSPS) is 23.9. The standard InChI is InChI=1S/C14H26N2S2/c1-17-11-7-3-2-6-10-15-13-16-14(12-18-13)8-4-5-9-14/h2-12H2,1H3,(H,15,16). The molecule has 1 heterocycles. The fourth-order valence-corrected chi connectivity index (χ4v) is 4.54. The lowest BCUT2D eigenvalue weighted by molar-refractivity contribution is 0.452. The Labute approximate surface area is 120 Å². The van der Waals surface area contributed by atoms with Crippen molar-refractivity contribution < 1.29 is 0 Å². The first kappa shape index (κ1) is 14.6. The van der Waals surface area contributed by atoms with Gasteiger partial charge < -0.3 is 5.32 Å². The zero-order valence-corrected chi connectivity index (χ0v) is 13.2. The highest BCUT2D eigenvalue weighted by Crippen LogP contribution is 2.37. The van der Waals surface area contributed by atoms with E-state index in [9.17, 15) is 0 Å². The molecule has 1 aliphatic carbocycles. The van der Waals surface area contributed by atoms with E-state index >= 15 is 0 Å². The van der Waals surface area contributed by atoms with Crippen LogP contribution in [0.1, 0.15) is 51.4 Å². The van der Waals surface area contributed by atoms with Gasteiger partial charge in [-0.15, -0.1) is 0 Å². The van der Waals surface area contributed by atoms with Gasteiger partial charge in [-0.25, -0.2) is 0 Å². The summed E-state index contributed by atoms with van der Waals surface area (Å²) in [6.45, 7) is 1.02. The Kier molecular flexibility index (Phi) is 6.22. The number of hydrogen-bond acceptors (Lipinski definition) is 3. The molecule has 104 valence electrons. The maximum absolute atomic E-state index is 4.72. The molecule has 0 aromatic rings. The topological polar surface area (TPSA) is 24.4 Å². The van der Waals surface area contributed by atoms with Crippen LogP contribution in [0.3, 0.4) is 0 Å². The second-order valence-electron chi connectivity index (χ2n) is 5.49.